The highest BCUT2D eigenvalue weighted by molar-refractivity contribution is 7.09. The summed E-state index contributed by atoms with van der Waals surface area (Å²) in [5, 5.41) is 5.75. The molecule has 6 heteroatoms. The van der Waals surface area contributed by atoms with Crippen LogP contribution in [-0.2, 0) is 6.54 Å². The molecule has 4 heterocycles. The van der Waals surface area contributed by atoms with Crippen LogP contribution in [0.3, 0.4) is 0 Å². The van der Waals surface area contributed by atoms with Crippen molar-refractivity contribution in [2.75, 3.05) is 42.9 Å². The van der Waals surface area contributed by atoms with Crippen molar-refractivity contribution in [1.82, 2.24) is 14.9 Å². The molecule has 140 valence electrons. The lowest BCUT2D eigenvalue weighted by Gasteiger charge is -2.32. The maximum absolute atomic E-state index is 4.48. The molecular weight excluding hydrogens is 342 g/mol. The van der Waals surface area contributed by atoms with Gasteiger partial charge in [0.15, 0.2) is 0 Å². The van der Waals surface area contributed by atoms with E-state index in [2.05, 4.69) is 48.7 Å². The van der Waals surface area contributed by atoms with Crippen molar-refractivity contribution in [2.45, 2.75) is 38.6 Å². The second-order valence-electron chi connectivity index (χ2n) is 7.51. The first kappa shape index (κ1) is 17.7. The van der Waals surface area contributed by atoms with Gasteiger partial charge in [-0.25, -0.2) is 9.97 Å². The van der Waals surface area contributed by atoms with Crippen molar-refractivity contribution in [3.05, 3.63) is 34.8 Å². The van der Waals surface area contributed by atoms with Crippen LogP contribution in [0, 0.1) is 5.92 Å². The predicted molar refractivity (Wildman–Crippen MR) is 109 cm³/mol. The van der Waals surface area contributed by atoms with Crippen LogP contribution < -0.4 is 10.2 Å². The molecule has 2 fully saturated rings. The number of anilines is 2. The Labute approximate surface area is 160 Å². The number of likely N-dealkylation sites (tertiary alicyclic amines) is 1. The first-order valence-electron chi connectivity index (χ1n) is 9.92. The molecular formula is C20H29N5S. The summed E-state index contributed by atoms with van der Waals surface area (Å²) in [4.78, 5) is 15.4. The Balaban J connectivity index is 1.29. The van der Waals surface area contributed by atoms with Crippen molar-refractivity contribution < 1.29 is 0 Å². The van der Waals surface area contributed by atoms with Crippen LogP contribution in [0.15, 0.2) is 29.9 Å². The minimum Gasteiger partial charge on any atom is -0.370 e. The highest BCUT2D eigenvalue weighted by Gasteiger charge is 2.20. The molecule has 0 spiro atoms. The zero-order chi connectivity index (χ0) is 17.6. The van der Waals surface area contributed by atoms with Crippen molar-refractivity contribution in [3.63, 3.8) is 0 Å². The minimum absolute atomic E-state index is 0.692. The molecule has 5 nitrogen and oxygen atoms in total. The number of thiophene rings is 1. The number of hydrogen-bond acceptors (Lipinski definition) is 6. The second-order valence-corrected chi connectivity index (χ2v) is 8.55. The van der Waals surface area contributed by atoms with Gasteiger partial charge in [-0.3, -0.25) is 4.90 Å². The molecule has 0 aromatic carbocycles. The zero-order valence-electron chi connectivity index (χ0n) is 15.4. The van der Waals surface area contributed by atoms with Crippen LogP contribution in [-0.4, -0.2) is 47.6 Å². The lowest BCUT2D eigenvalue weighted by molar-refractivity contribution is 0.174. The lowest BCUT2D eigenvalue weighted by atomic mass is 9.98. The summed E-state index contributed by atoms with van der Waals surface area (Å²) in [6.07, 6.45) is 8.19. The van der Waals surface area contributed by atoms with E-state index in [1.165, 1.54) is 50.1 Å². The number of nitrogens with zero attached hydrogens (tertiary/aromatic N) is 4. The summed E-state index contributed by atoms with van der Waals surface area (Å²) < 4.78 is 0. The molecule has 0 aliphatic carbocycles. The van der Waals surface area contributed by atoms with Gasteiger partial charge < -0.3 is 10.2 Å². The monoisotopic (exact) mass is 371 g/mol. The number of nitrogens with one attached hydrogen (secondary N) is 1. The van der Waals surface area contributed by atoms with Gasteiger partial charge in [0.1, 0.15) is 18.0 Å². The Morgan fingerprint density at radius 3 is 2.88 bits per heavy atom. The number of hydrogen-bond donors (Lipinski definition) is 1. The van der Waals surface area contributed by atoms with E-state index >= 15 is 0 Å². The summed E-state index contributed by atoms with van der Waals surface area (Å²) in [7, 11) is 0. The second kappa shape index (κ2) is 8.82. The smallest absolute Gasteiger partial charge is 0.134 e. The molecule has 4 rings (SSSR count). The average Bonchev–Trinajstić information content (AvgIpc) is 3.21. The number of piperidine rings is 2. The first-order valence-corrected chi connectivity index (χ1v) is 10.8. The fraction of sp³-hybridized carbons (Fsp3) is 0.600. The van der Waals surface area contributed by atoms with Gasteiger partial charge >= 0.3 is 0 Å². The van der Waals surface area contributed by atoms with Gasteiger partial charge in [-0.2, -0.15) is 0 Å². The molecule has 1 atom stereocenters. The Hall–Kier alpha value is -1.66. The third kappa shape index (κ3) is 4.74. The van der Waals surface area contributed by atoms with E-state index in [0.717, 1.165) is 37.8 Å². The molecule has 2 saturated heterocycles. The van der Waals surface area contributed by atoms with Crippen LogP contribution in [0.2, 0.25) is 0 Å². The highest BCUT2D eigenvalue weighted by atomic mass is 32.1. The molecule has 26 heavy (non-hydrogen) atoms. The molecule has 1 N–H and O–H groups in total. The van der Waals surface area contributed by atoms with Gasteiger partial charge in [0.05, 0.1) is 0 Å². The minimum atomic E-state index is 0.692. The Bertz CT molecular complexity index is 669. The first-order chi connectivity index (χ1) is 12.9. The van der Waals surface area contributed by atoms with Gasteiger partial charge in [0.2, 0.25) is 0 Å². The molecule has 2 aromatic heterocycles. The van der Waals surface area contributed by atoms with Crippen molar-refractivity contribution >= 4 is 23.0 Å². The molecule has 0 amide bonds. The van der Waals surface area contributed by atoms with E-state index in [9.17, 15) is 0 Å². The third-order valence-corrected chi connectivity index (χ3v) is 6.33. The fourth-order valence-electron chi connectivity index (χ4n) is 4.07. The van der Waals surface area contributed by atoms with Crippen LogP contribution in [0.4, 0.5) is 11.6 Å². The van der Waals surface area contributed by atoms with Gasteiger partial charge in [-0.15, -0.1) is 11.3 Å². The van der Waals surface area contributed by atoms with Gasteiger partial charge in [0.25, 0.3) is 0 Å². The predicted octanol–water partition coefficient (Wildman–Crippen LogP) is 3.85. The normalized spacial score (nSPS) is 21.7. The van der Waals surface area contributed by atoms with E-state index < -0.39 is 0 Å². The Morgan fingerprint density at radius 2 is 2.04 bits per heavy atom. The third-order valence-electron chi connectivity index (χ3n) is 5.47. The van der Waals surface area contributed by atoms with E-state index in [-0.39, 0.29) is 0 Å². The van der Waals surface area contributed by atoms with Crippen molar-refractivity contribution in [3.8, 4) is 0 Å². The summed E-state index contributed by atoms with van der Waals surface area (Å²) in [6.45, 7) is 6.74. The SMILES string of the molecule is c1csc(CN2CCCC(CNc3cc(N4CCCCC4)ncn3)C2)c1. The van der Waals surface area contributed by atoms with E-state index in [1.54, 1.807) is 6.33 Å². The Kier molecular flexibility index (Phi) is 6.02. The van der Waals surface area contributed by atoms with E-state index in [1.807, 2.05) is 11.3 Å². The summed E-state index contributed by atoms with van der Waals surface area (Å²) in [5.74, 6) is 2.73. The fourth-order valence-corrected chi connectivity index (χ4v) is 4.82. The standard InChI is InChI=1S/C20H29N5S/c1-2-9-25(10-3-1)20-12-19(22-16-23-20)21-13-17-6-4-8-24(14-17)15-18-7-5-11-26-18/h5,7,11-12,16-17H,1-4,6,8-10,13-15H2,(H,21,22,23). The van der Waals surface area contributed by atoms with E-state index in [0.29, 0.717) is 5.92 Å². The van der Waals surface area contributed by atoms with Gasteiger partial charge in [0, 0.05) is 43.7 Å². The number of aromatic nitrogens is 2. The van der Waals surface area contributed by atoms with Crippen LogP contribution >= 0.6 is 11.3 Å². The summed E-state index contributed by atoms with van der Waals surface area (Å²) in [6, 6.07) is 6.52. The summed E-state index contributed by atoms with van der Waals surface area (Å²) in [5.41, 5.74) is 0. The van der Waals surface area contributed by atoms with Gasteiger partial charge in [-0.1, -0.05) is 6.07 Å². The summed E-state index contributed by atoms with van der Waals surface area (Å²) >= 11 is 1.86. The molecule has 2 aliphatic rings. The zero-order valence-corrected chi connectivity index (χ0v) is 16.3. The van der Waals surface area contributed by atoms with Crippen molar-refractivity contribution in [1.29, 1.82) is 0 Å². The molecule has 1 unspecified atom stereocenters. The van der Waals surface area contributed by atoms with E-state index in [4.69, 9.17) is 0 Å². The molecule has 0 saturated carbocycles. The molecule has 0 radical (unpaired) electrons. The highest BCUT2D eigenvalue weighted by Crippen LogP contribution is 2.22. The average molecular weight is 372 g/mol. The topological polar surface area (TPSA) is 44.3 Å². The molecule has 2 aliphatic heterocycles. The van der Waals surface area contributed by atoms with Crippen LogP contribution in [0.5, 0.6) is 0 Å². The Morgan fingerprint density at radius 1 is 1.12 bits per heavy atom. The largest absolute Gasteiger partial charge is 0.370 e. The molecule has 0 bridgehead atoms. The van der Waals surface area contributed by atoms with Gasteiger partial charge in [-0.05, 0) is 56.0 Å². The maximum atomic E-state index is 4.48. The quantitative estimate of drug-likeness (QED) is 0.835. The van der Waals surface area contributed by atoms with Crippen LogP contribution in [0.1, 0.15) is 37.0 Å². The maximum Gasteiger partial charge on any atom is 0.134 e. The van der Waals surface area contributed by atoms with Crippen LogP contribution in [0.25, 0.3) is 0 Å². The number of rotatable bonds is 6. The lowest BCUT2D eigenvalue weighted by Crippen LogP contribution is -2.37. The van der Waals surface area contributed by atoms with Crippen molar-refractivity contribution in [2.24, 2.45) is 5.92 Å². The molecule has 2 aromatic rings.